The lowest BCUT2D eigenvalue weighted by Gasteiger charge is -2.18. The van der Waals surface area contributed by atoms with Gasteiger partial charge < -0.3 is 18.9 Å². The molecule has 0 bridgehead atoms. The molecule has 4 nitrogen and oxygen atoms in total. The first-order chi connectivity index (χ1) is 13.7. The molecule has 0 unspecified atom stereocenters. The van der Waals surface area contributed by atoms with E-state index in [1.807, 2.05) is 42.5 Å². The average molecular weight is 383 g/mol. The predicted octanol–water partition coefficient (Wildman–Crippen LogP) is 6.13. The molecule has 2 aromatic carbocycles. The third kappa shape index (κ3) is 5.56. The van der Waals surface area contributed by atoms with E-state index in [2.05, 4.69) is 20.1 Å². The summed E-state index contributed by atoms with van der Waals surface area (Å²) in [6, 6.07) is 9.78. The quantitative estimate of drug-likeness (QED) is 0.327. The molecule has 0 atom stereocenters. The van der Waals surface area contributed by atoms with Crippen LogP contribution in [-0.4, -0.2) is 20.8 Å². The Kier molecular flexibility index (Phi) is 8.47. The Balaban J connectivity index is 2.44. The number of unbranched alkanes of at least 4 members (excludes halogenated alkanes) is 1. The third-order valence-corrected chi connectivity index (χ3v) is 4.25. The van der Waals surface area contributed by atoms with Crippen LogP contribution in [-0.2, 0) is 12.8 Å². The van der Waals surface area contributed by atoms with Crippen LogP contribution in [0.2, 0.25) is 0 Å². The number of methoxy groups -OCH3 is 2. The van der Waals surface area contributed by atoms with Crippen LogP contribution in [0, 0.1) is 0 Å². The Morgan fingerprint density at radius 3 is 2.11 bits per heavy atom. The number of benzene rings is 2. The molecule has 0 N–H and O–H groups in total. The van der Waals surface area contributed by atoms with E-state index in [0.717, 1.165) is 30.4 Å². The molecule has 0 aromatic heterocycles. The van der Waals surface area contributed by atoms with Gasteiger partial charge in [-0.2, -0.15) is 0 Å². The largest absolute Gasteiger partial charge is 0.493 e. The van der Waals surface area contributed by atoms with Gasteiger partial charge in [0.1, 0.15) is 0 Å². The number of hydrogen-bond donors (Lipinski definition) is 0. The van der Waals surface area contributed by atoms with E-state index in [1.54, 1.807) is 14.2 Å². The number of ether oxygens (including phenoxy) is 4. The second kappa shape index (κ2) is 11.1. The van der Waals surface area contributed by atoms with Gasteiger partial charge in [-0.3, -0.25) is 0 Å². The van der Waals surface area contributed by atoms with Crippen molar-refractivity contribution in [2.45, 2.75) is 32.6 Å². The highest BCUT2D eigenvalue weighted by atomic mass is 16.5. The Morgan fingerprint density at radius 1 is 0.821 bits per heavy atom. The fourth-order valence-electron chi connectivity index (χ4n) is 2.81. The summed E-state index contributed by atoms with van der Waals surface area (Å²) in [5, 5.41) is 0. The maximum atomic E-state index is 6.23. The van der Waals surface area contributed by atoms with Gasteiger partial charge in [0.2, 0.25) is 5.75 Å². The molecule has 0 radical (unpaired) electrons. The maximum Gasteiger partial charge on any atom is 0.204 e. The topological polar surface area (TPSA) is 36.9 Å². The summed E-state index contributed by atoms with van der Waals surface area (Å²) in [6.45, 7) is 10.3. The fraction of sp³-hybridized carbons (Fsp3) is 0.333. The zero-order valence-corrected chi connectivity index (χ0v) is 17.1. The lowest BCUT2D eigenvalue weighted by Crippen LogP contribution is -2.02. The molecule has 0 saturated heterocycles. The Morgan fingerprint density at radius 2 is 1.46 bits per heavy atom. The van der Waals surface area contributed by atoms with E-state index < -0.39 is 0 Å². The monoisotopic (exact) mass is 382 g/mol. The van der Waals surface area contributed by atoms with Gasteiger partial charge >= 0.3 is 0 Å². The average Bonchev–Trinajstić information content (AvgIpc) is 2.70. The molecular formula is C24H30O4. The van der Waals surface area contributed by atoms with Crippen molar-refractivity contribution in [1.29, 1.82) is 0 Å². The first kappa shape index (κ1) is 21.4. The molecule has 150 valence electrons. The molecule has 0 aliphatic carbocycles. The molecule has 0 saturated carbocycles. The Labute approximate surface area is 168 Å². The maximum absolute atomic E-state index is 6.23. The summed E-state index contributed by atoms with van der Waals surface area (Å²) in [6.07, 6.45) is 7.18. The lowest BCUT2D eigenvalue weighted by atomic mass is 10.1. The number of hydrogen-bond acceptors (Lipinski definition) is 4. The van der Waals surface area contributed by atoms with Gasteiger partial charge in [0.05, 0.1) is 20.8 Å². The van der Waals surface area contributed by atoms with Crippen molar-refractivity contribution >= 4 is 0 Å². The first-order valence-electron chi connectivity index (χ1n) is 9.57. The molecule has 2 aromatic rings. The van der Waals surface area contributed by atoms with Crippen LogP contribution in [0.3, 0.4) is 0 Å². The Hall–Kier alpha value is -2.88. The van der Waals surface area contributed by atoms with Crippen LogP contribution in [0.25, 0.3) is 0 Å². The van der Waals surface area contributed by atoms with Gasteiger partial charge in [0, 0.05) is 0 Å². The molecule has 4 heteroatoms. The molecule has 0 aliphatic heterocycles. The van der Waals surface area contributed by atoms with Crippen molar-refractivity contribution in [3.8, 4) is 28.7 Å². The summed E-state index contributed by atoms with van der Waals surface area (Å²) in [5.74, 6) is 3.12. The molecule has 0 amide bonds. The van der Waals surface area contributed by atoms with Gasteiger partial charge in [0.25, 0.3) is 0 Å². The van der Waals surface area contributed by atoms with Crippen molar-refractivity contribution in [1.82, 2.24) is 0 Å². The molecule has 0 heterocycles. The smallest absolute Gasteiger partial charge is 0.204 e. The summed E-state index contributed by atoms with van der Waals surface area (Å²) in [5.41, 5.74) is 2.14. The van der Waals surface area contributed by atoms with Crippen molar-refractivity contribution in [2.75, 3.05) is 20.8 Å². The van der Waals surface area contributed by atoms with E-state index in [1.165, 1.54) is 0 Å². The SMILES string of the molecule is C=CCc1ccc(Oc2cc(CC=C)cc(OC)c2OCCCC)c(OC)c1. The molecule has 0 aliphatic rings. The third-order valence-electron chi connectivity index (χ3n) is 4.25. The molecule has 0 spiro atoms. The van der Waals surface area contributed by atoms with Crippen molar-refractivity contribution in [3.05, 3.63) is 66.8 Å². The molecule has 28 heavy (non-hydrogen) atoms. The van der Waals surface area contributed by atoms with Gasteiger partial charge in [-0.05, 0) is 54.7 Å². The van der Waals surface area contributed by atoms with Gasteiger partial charge in [0.15, 0.2) is 23.0 Å². The highest BCUT2D eigenvalue weighted by Crippen LogP contribution is 2.43. The lowest BCUT2D eigenvalue weighted by molar-refractivity contribution is 0.274. The summed E-state index contributed by atoms with van der Waals surface area (Å²) >= 11 is 0. The molecule has 2 rings (SSSR count). The molecule has 0 fully saturated rings. The van der Waals surface area contributed by atoms with Crippen LogP contribution < -0.4 is 18.9 Å². The van der Waals surface area contributed by atoms with E-state index in [9.17, 15) is 0 Å². The van der Waals surface area contributed by atoms with Gasteiger partial charge in [-0.25, -0.2) is 0 Å². The highest BCUT2D eigenvalue weighted by molar-refractivity contribution is 5.57. The highest BCUT2D eigenvalue weighted by Gasteiger charge is 2.17. The van der Waals surface area contributed by atoms with Crippen LogP contribution in [0.15, 0.2) is 55.6 Å². The number of rotatable bonds is 12. The van der Waals surface area contributed by atoms with Crippen LogP contribution in [0.1, 0.15) is 30.9 Å². The summed E-state index contributed by atoms with van der Waals surface area (Å²) in [7, 11) is 3.27. The van der Waals surface area contributed by atoms with Crippen LogP contribution >= 0.6 is 0 Å². The molecular weight excluding hydrogens is 352 g/mol. The predicted molar refractivity (Wildman–Crippen MR) is 114 cm³/mol. The normalized spacial score (nSPS) is 10.2. The van der Waals surface area contributed by atoms with Crippen molar-refractivity contribution < 1.29 is 18.9 Å². The minimum absolute atomic E-state index is 0.597. The van der Waals surface area contributed by atoms with E-state index >= 15 is 0 Å². The Bertz CT molecular complexity index is 795. The second-order valence-electron chi connectivity index (χ2n) is 6.40. The summed E-state index contributed by atoms with van der Waals surface area (Å²) < 4.78 is 23.3. The zero-order chi connectivity index (χ0) is 20.4. The standard InChI is InChI=1S/C24H30O4/c1-6-9-14-27-24-22(26-5)16-19(11-8-3)17-23(24)28-20-13-12-18(10-7-2)15-21(20)25-4/h7-8,12-13,15-17H,2-3,6,9-11,14H2,1,4-5H3. The van der Waals surface area contributed by atoms with E-state index in [-0.39, 0.29) is 0 Å². The van der Waals surface area contributed by atoms with E-state index in [0.29, 0.717) is 41.8 Å². The minimum atomic E-state index is 0.597. The minimum Gasteiger partial charge on any atom is -0.493 e. The number of allylic oxidation sites excluding steroid dienone is 2. The van der Waals surface area contributed by atoms with Gasteiger partial charge in [-0.1, -0.05) is 31.6 Å². The van der Waals surface area contributed by atoms with E-state index in [4.69, 9.17) is 18.9 Å². The second-order valence-corrected chi connectivity index (χ2v) is 6.40. The summed E-state index contributed by atoms with van der Waals surface area (Å²) in [4.78, 5) is 0. The fourth-order valence-corrected chi connectivity index (χ4v) is 2.81. The zero-order valence-electron chi connectivity index (χ0n) is 17.1. The first-order valence-corrected chi connectivity index (χ1v) is 9.57. The van der Waals surface area contributed by atoms with Crippen molar-refractivity contribution in [2.24, 2.45) is 0 Å². The van der Waals surface area contributed by atoms with Gasteiger partial charge in [-0.15, -0.1) is 13.2 Å². The van der Waals surface area contributed by atoms with Crippen LogP contribution in [0.5, 0.6) is 28.7 Å². The van der Waals surface area contributed by atoms with Crippen molar-refractivity contribution in [3.63, 3.8) is 0 Å². The van der Waals surface area contributed by atoms with Crippen LogP contribution in [0.4, 0.5) is 0 Å².